The first-order valence-corrected chi connectivity index (χ1v) is 10.5. The number of carbonyl (C=O) groups is 3. The van der Waals surface area contributed by atoms with Crippen LogP contribution in [0, 0.1) is 11.8 Å². The highest BCUT2D eigenvalue weighted by Crippen LogP contribution is 2.45. The zero-order chi connectivity index (χ0) is 22.9. The largest absolute Gasteiger partial charge is 0.508 e. The Kier molecular flexibility index (Phi) is 6.53. The van der Waals surface area contributed by atoms with Gasteiger partial charge in [0.1, 0.15) is 11.7 Å². The molecule has 7 heteroatoms. The Bertz CT molecular complexity index is 959. The minimum Gasteiger partial charge on any atom is -0.508 e. The summed E-state index contributed by atoms with van der Waals surface area (Å²) in [5.41, 5.74) is 2.68. The number of aromatic hydroxyl groups is 1. The van der Waals surface area contributed by atoms with Gasteiger partial charge in [0.25, 0.3) is 0 Å². The first-order valence-electron chi connectivity index (χ1n) is 10.5. The molecule has 0 fully saturated rings. The summed E-state index contributed by atoms with van der Waals surface area (Å²) in [5.74, 6) is -3.25. The van der Waals surface area contributed by atoms with Crippen LogP contribution in [-0.4, -0.2) is 36.0 Å². The Morgan fingerprint density at radius 2 is 1.90 bits per heavy atom. The van der Waals surface area contributed by atoms with E-state index in [9.17, 15) is 19.5 Å². The second kappa shape index (κ2) is 8.96. The van der Waals surface area contributed by atoms with E-state index in [4.69, 9.17) is 9.47 Å². The molecule has 1 aliphatic carbocycles. The van der Waals surface area contributed by atoms with Gasteiger partial charge in [0.15, 0.2) is 5.78 Å². The summed E-state index contributed by atoms with van der Waals surface area (Å²) in [6.45, 7) is 7.35. The highest BCUT2D eigenvalue weighted by Gasteiger charge is 2.47. The third kappa shape index (κ3) is 4.22. The number of carbonyl (C=O) groups excluding carboxylic acids is 3. The third-order valence-electron chi connectivity index (χ3n) is 6.07. The van der Waals surface area contributed by atoms with E-state index in [2.05, 4.69) is 5.32 Å². The predicted molar refractivity (Wildman–Crippen MR) is 114 cm³/mol. The van der Waals surface area contributed by atoms with Crippen LogP contribution in [0.5, 0.6) is 5.75 Å². The van der Waals surface area contributed by atoms with Gasteiger partial charge in [-0.15, -0.1) is 0 Å². The molecule has 166 valence electrons. The Labute approximate surface area is 182 Å². The molecule has 1 aromatic carbocycles. The summed E-state index contributed by atoms with van der Waals surface area (Å²) in [7, 11) is 1.27. The second-order valence-electron chi connectivity index (χ2n) is 8.25. The van der Waals surface area contributed by atoms with Crippen LogP contribution in [-0.2, 0) is 23.9 Å². The molecule has 0 saturated heterocycles. The Morgan fingerprint density at radius 3 is 2.48 bits per heavy atom. The molecule has 31 heavy (non-hydrogen) atoms. The molecule has 0 aromatic heterocycles. The van der Waals surface area contributed by atoms with Crippen LogP contribution in [0.2, 0.25) is 0 Å². The van der Waals surface area contributed by atoms with Gasteiger partial charge in [0, 0.05) is 22.9 Å². The summed E-state index contributed by atoms with van der Waals surface area (Å²) in [6.07, 6.45) is 0.846. The number of Topliss-reactive ketones (excluding diaryl/α,β-unsaturated/α-hetero) is 1. The topological polar surface area (TPSA) is 102 Å². The minimum atomic E-state index is -0.935. The minimum absolute atomic E-state index is 0.0763. The summed E-state index contributed by atoms with van der Waals surface area (Å²) in [6, 6.07) is 6.38. The average Bonchev–Trinajstić information content (AvgIpc) is 2.72. The maximum Gasteiger partial charge on any atom is 0.337 e. The molecule has 1 aliphatic heterocycles. The molecule has 1 aromatic rings. The van der Waals surface area contributed by atoms with Crippen LogP contribution >= 0.6 is 0 Å². The smallest absolute Gasteiger partial charge is 0.337 e. The number of benzene rings is 1. The normalized spacial score (nSPS) is 24.3. The van der Waals surface area contributed by atoms with Crippen molar-refractivity contribution in [3.05, 3.63) is 52.4 Å². The number of nitrogens with one attached hydrogen (secondary N) is 1. The van der Waals surface area contributed by atoms with Crippen molar-refractivity contribution in [1.82, 2.24) is 5.32 Å². The molecule has 0 bridgehead atoms. The average molecular weight is 427 g/mol. The molecule has 2 N–H and O–H groups in total. The number of dihydropyridines is 1. The molecule has 3 rings (SSSR count). The van der Waals surface area contributed by atoms with E-state index in [1.54, 1.807) is 19.1 Å². The zero-order valence-corrected chi connectivity index (χ0v) is 18.5. The van der Waals surface area contributed by atoms with Crippen LogP contribution < -0.4 is 5.32 Å². The van der Waals surface area contributed by atoms with Gasteiger partial charge < -0.3 is 19.9 Å². The highest BCUT2D eigenvalue weighted by atomic mass is 16.5. The monoisotopic (exact) mass is 427 g/mol. The SMILES string of the molecule is CC[C@@H](C)OC(=O)C1=C(C)NC2=C(C(=O)[C@H](C(=O)OC)[C@H](C)C2)[C@@H]1c1ccc(O)cc1. The van der Waals surface area contributed by atoms with Crippen molar-refractivity contribution in [2.24, 2.45) is 11.8 Å². The Hall–Kier alpha value is -3.09. The fourth-order valence-corrected chi connectivity index (χ4v) is 4.28. The van der Waals surface area contributed by atoms with Gasteiger partial charge in [-0.1, -0.05) is 26.0 Å². The number of allylic oxidation sites excluding steroid dienone is 3. The van der Waals surface area contributed by atoms with Crippen molar-refractivity contribution in [3.63, 3.8) is 0 Å². The molecular formula is C24H29NO6. The van der Waals surface area contributed by atoms with Gasteiger partial charge in [-0.25, -0.2) is 4.79 Å². The number of ketones is 1. The van der Waals surface area contributed by atoms with E-state index in [0.29, 0.717) is 40.9 Å². The predicted octanol–water partition coefficient (Wildman–Crippen LogP) is 3.35. The van der Waals surface area contributed by atoms with Gasteiger partial charge in [0.2, 0.25) is 0 Å². The van der Waals surface area contributed by atoms with Gasteiger partial charge in [-0.2, -0.15) is 0 Å². The fraction of sp³-hybridized carbons (Fsp3) is 0.458. The number of esters is 2. The van der Waals surface area contributed by atoms with Gasteiger partial charge in [-0.05, 0) is 50.3 Å². The summed E-state index contributed by atoms with van der Waals surface area (Å²) < 4.78 is 10.5. The molecule has 7 nitrogen and oxygen atoms in total. The zero-order valence-electron chi connectivity index (χ0n) is 18.5. The molecule has 0 amide bonds. The van der Waals surface area contributed by atoms with Crippen LogP contribution in [0.15, 0.2) is 46.8 Å². The molecule has 0 saturated carbocycles. The number of ether oxygens (including phenoxy) is 2. The third-order valence-corrected chi connectivity index (χ3v) is 6.07. The Balaban J connectivity index is 2.15. The lowest BCUT2D eigenvalue weighted by atomic mass is 9.69. The van der Waals surface area contributed by atoms with E-state index >= 15 is 0 Å². The van der Waals surface area contributed by atoms with Gasteiger partial charge in [0.05, 0.1) is 18.8 Å². The van der Waals surface area contributed by atoms with Gasteiger partial charge in [-0.3, -0.25) is 9.59 Å². The summed E-state index contributed by atoms with van der Waals surface area (Å²) >= 11 is 0. The first kappa shape index (κ1) is 22.6. The standard InChI is InChI=1S/C24H29NO6/c1-6-13(3)31-24(29)19-14(4)25-17-11-12(2)18(23(28)30-5)22(27)21(17)20(19)15-7-9-16(26)10-8-15/h7-10,12-13,18,20,25-26H,6,11H2,1-5H3/t12-,13-,18-,20-/m1/s1. The van der Waals surface area contributed by atoms with Crippen LogP contribution in [0.25, 0.3) is 0 Å². The second-order valence-corrected chi connectivity index (χ2v) is 8.25. The quantitative estimate of drug-likeness (QED) is 0.549. The molecule has 1 heterocycles. The number of phenolic OH excluding ortho intramolecular Hbond substituents is 1. The lowest BCUT2D eigenvalue weighted by Gasteiger charge is -2.38. The molecule has 0 radical (unpaired) electrons. The highest BCUT2D eigenvalue weighted by molar-refractivity contribution is 6.12. The maximum absolute atomic E-state index is 13.6. The van der Waals surface area contributed by atoms with E-state index in [0.717, 1.165) is 0 Å². The van der Waals surface area contributed by atoms with Crippen molar-refractivity contribution in [1.29, 1.82) is 0 Å². The van der Waals surface area contributed by atoms with Crippen molar-refractivity contribution in [2.75, 3.05) is 7.11 Å². The number of methoxy groups -OCH3 is 1. The number of rotatable bonds is 5. The van der Waals surface area contributed by atoms with Crippen molar-refractivity contribution in [3.8, 4) is 5.75 Å². The fourth-order valence-electron chi connectivity index (χ4n) is 4.28. The Morgan fingerprint density at radius 1 is 1.26 bits per heavy atom. The first-order chi connectivity index (χ1) is 14.7. The number of hydrogen-bond acceptors (Lipinski definition) is 7. The van der Waals surface area contributed by atoms with E-state index in [-0.39, 0.29) is 23.6 Å². The molecule has 0 unspecified atom stereocenters. The molecule has 2 aliphatic rings. The van der Waals surface area contributed by atoms with E-state index in [1.807, 2.05) is 20.8 Å². The number of hydrogen-bond donors (Lipinski definition) is 2. The molecule has 0 spiro atoms. The van der Waals surface area contributed by atoms with E-state index < -0.39 is 23.8 Å². The van der Waals surface area contributed by atoms with Crippen molar-refractivity contribution >= 4 is 17.7 Å². The number of phenols is 1. The lowest BCUT2D eigenvalue weighted by molar-refractivity contribution is -0.151. The molecule has 4 atom stereocenters. The van der Waals surface area contributed by atoms with Crippen LogP contribution in [0.3, 0.4) is 0 Å². The van der Waals surface area contributed by atoms with Crippen molar-refractivity contribution in [2.45, 2.75) is 52.6 Å². The van der Waals surface area contributed by atoms with Crippen molar-refractivity contribution < 1.29 is 29.0 Å². The van der Waals surface area contributed by atoms with Crippen LogP contribution in [0.1, 0.15) is 52.0 Å². The lowest BCUT2D eigenvalue weighted by Crippen LogP contribution is -2.43. The van der Waals surface area contributed by atoms with Gasteiger partial charge >= 0.3 is 11.9 Å². The maximum atomic E-state index is 13.6. The molecular weight excluding hydrogens is 398 g/mol. The summed E-state index contributed by atoms with van der Waals surface area (Å²) in [5, 5.41) is 13.0. The summed E-state index contributed by atoms with van der Waals surface area (Å²) in [4.78, 5) is 39.1. The van der Waals surface area contributed by atoms with Crippen LogP contribution in [0.4, 0.5) is 0 Å². The van der Waals surface area contributed by atoms with E-state index in [1.165, 1.54) is 19.2 Å².